The highest BCUT2D eigenvalue weighted by molar-refractivity contribution is 4.86. The second kappa shape index (κ2) is 2.89. The van der Waals surface area contributed by atoms with Crippen LogP contribution in [-0.2, 0) is 0 Å². The van der Waals surface area contributed by atoms with Gasteiger partial charge in [-0.3, -0.25) is 0 Å². The number of rotatable bonds is 2. The number of nitrogens with one attached hydrogen (secondary N) is 1. The van der Waals surface area contributed by atoms with Crippen LogP contribution in [-0.4, -0.2) is 25.2 Å². The van der Waals surface area contributed by atoms with Gasteiger partial charge in [-0.1, -0.05) is 0 Å². The number of nitrogens with zero attached hydrogens (tertiary/aromatic N) is 1. The third-order valence-corrected chi connectivity index (χ3v) is 2.32. The van der Waals surface area contributed by atoms with Gasteiger partial charge in [-0.25, -0.2) is 5.32 Å². The van der Waals surface area contributed by atoms with Gasteiger partial charge in [-0.2, -0.15) is 0 Å². The molecule has 2 fully saturated rings. The molecule has 1 radical (unpaired) electrons. The van der Waals surface area contributed by atoms with Crippen molar-refractivity contribution >= 4 is 0 Å². The molecule has 2 nitrogen and oxygen atoms in total. The first-order valence-corrected chi connectivity index (χ1v) is 4.34. The van der Waals surface area contributed by atoms with Crippen molar-refractivity contribution in [3.63, 3.8) is 0 Å². The topological polar surface area (TPSA) is 26.1 Å². The van der Waals surface area contributed by atoms with Crippen molar-refractivity contribution in [1.29, 1.82) is 0 Å². The van der Waals surface area contributed by atoms with Crippen LogP contribution in [0.25, 0.3) is 0 Å². The van der Waals surface area contributed by atoms with Crippen LogP contribution in [0.3, 0.4) is 0 Å². The summed E-state index contributed by atoms with van der Waals surface area (Å²) < 4.78 is 0. The predicted molar refractivity (Wildman–Crippen MR) is 41.0 cm³/mol. The van der Waals surface area contributed by atoms with Crippen molar-refractivity contribution in [3.05, 3.63) is 0 Å². The zero-order valence-electron chi connectivity index (χ0n) is 6.34. The van der Waals surface area contributed by atoms with Crippen LogP contribution >= 0.6 is 0 Å². The Kier molecular flexibility index (Phi) is 1.91. The lowest BCUT2D eigenvalue weighted by atomic mass is 10.1. The third kappa shape index (κ3) is 1.70. The van der Waals surface area contributed by atoms with Crippen molar-refractivity contribution in [2.75, 3.05) is 13.1 Å². The molecule has 1 aliphatic carbocycles. The molecule has 10 heavy (non-hydrogen) atoms. The Morgan fingerprint density at radius 2 is 1.50 bits per heavy atom. The average molecular weight is 139 g/mol. The zero-order valence-corrected chi connectivity index (χ0v) is 6.34. The van der Waals surface area contributed by atoms with Crippen LogP contribution in [0.4, 0.5) is 0 Å². The SMILES string of the molecule is C1CC(NC2CC2)CC[N]1. The van der Waals surface area contributed by atoms with Crippen molar-refractivity contribution in [2.24, 2.45) is 0 Å². The first-order chi connectivity index (χ1) is 4.95. The summed E-state index contributed by atoms with van der Waals surface area (Å²) in [5.41, 5.74) is 0. The van der Waals surface area contributed by atoms with Crippen molar-refractivity contribution in [2.45, 2.75) is 37.8 Å². The van der Waals surface area contributed by atoms with Crippen LogP contribution in [0.15, 0.2) is 0 Å². The minimum absolute atomic E-state index is 0.796. The molecule has 0 amide bonds. The summed E-state index contributed by atoms with van der Waals surface area (Å²) in [5.74, 6) is 0. The fourth-order valence-electron chi connectivity index (χ4n) is 1.50. The Bertz CT molecular complexity index is 104. The molecule has 0 aromatic rings. The van der Waals surface area contributed by atoms with Gasteiger partial charge in [0.2, 0.25) is 0 Å². The first-order valence-electron chi connectivity index (χ1n) is 4.34. The van der Waals surface area contributed by atoms with Gasteiger partial charge in [-0.05, 0) is 25.7 Å². The van der Waals surface area contributed by atoms with Crippen molar-refractivity contribution < 1.29 is 0 Å². The van der Waals surface area contributed by atoms with E-state index in [2.05, 4.69) is 10.6 Å². The molecule has 1 saturated carbocycles. The van der Waals surface area contributed by atoms with E-state index >= 15 is 0 Å². The van der Waals surface area contributed by atoms with E-state index in [1.165, 1.54) is 25.7 Å². The predicted octanol–water partition coefficient (Wildman–Crippen LogP) is 0.505. The lowest BCUT2D eigenvalue weighted by Gasteiger charge is -2.22. The molecule has 0 aromatic heterocycles. The average Bonchev–Trinajstić information content (AvgIpc) is 2.74. The van der Waals surface area contributed by atoms with E-state index in [1.54, 1.807) is 0 Å². The molecule has 57 valence electrons. The standard InChI is InChI=1S/C8H15N2/c1-2-7(1)10-8-3-5-9-6-4-8/h7-8,10H,1-6H2. The van der Waals surface area contributed by atoms with Crippen LogP contribution in [0.2, 0.25) is 0 Å². The van der Waals surface area contributed by atoms with Gasteiger partial charge < -0.3 is 5.32 Å². The van der Waals surface area contributed by atoms with E-state index in [9.17, 15) is 0 Å². The molecule has 1 heterocycles. The summed E-state index contributed by atoms with van der Waals surface area (Å²) in [4.78, 5) is 0. The maximum Gasteiger partial charge on any atom is 0.0148 e. The van der Waals surface area contributed by atoms with Gasteiger partial charge in [0.05, 0.1) is 0 Å². The van der Waals surface area contributed by atoms with E-state index in [0.717, 1.165) is 25.2 Å². The number of hydrogen-bond acceptors (Lipinski definition) is 1. The zero-order chi connectivity index (χ0) is 6.81. The Balaban J connectivity index is 1.69. The highest BCUT2D eigenvalue weighted by Crippen LogP contribution is 2.21. The second-order valence-electron chi connectivity index (χ2n) is 3.39. The fraction of sp³-hybridized carbons (Fsp3) is 1.00. The van der Waals surface area contributed by atoms with E-state index in [4.69, 9.17) is 0 Å². The van der Waals surface area contributed by atoms with Gasteiger partial charge >= 0.3 is 0 Å². The molecule has 0 bridgehead atoms. The summed E-state index contributed by atoms with van der Waals surface area (Å²) in [6, 6.07) is 1.67. The van der Waals surface area contributed by atoms with Gasteiger partial charge in [0, 0.05) is 25.2 Å². The lowest BCUT2D eigenvalue weighted by molar-refractivity contribution is 0.381. The summed E-state index contributed by atoms with van der Waals surface area (Å²) in [6.07, 6.45) is 5.37. The normalized spacial score (nSPS) is 28.8. The maximum atomic E-state index is 4.32. The third-order valence-electron chi connectivity index (χ3n) is 2.32. The smallest absolute Gasteiger partial charge is 0.0148 e. The maximum absolute atomic E-state index is 4.32. The largest absolute Gasteiger partial charge is 0.311 e. The molecule has 2 aliphatic rings. The van der Waals surface area contributed by atoms with Gasteiger partial charge in [-0.15, -0.1) is 0 Å². The van der Waals surface area contributed by atoms with E-state index < -0.39 is 0 Å². The molecule has 2 heteroatoms. The first kappa shape index (κ1) is 6.62. The summed E-state index contributed by atoms with van der Waals surface area (Å²) in [5, 5.41) is 7.95. The molecule has 2 rings (SSSR count). The van der Waals surface area contributed by atoms with Gasteiger partial charge in [0.1, 0.15) is 0 Å². The summed E-state index contributed by atoms with van der Waals surface area (Å²) >= 11 is 0. The Morgan fingerprint density at radius 1 is 0.900 bits per heavy atom. The van der Waals surface area contributed by atoms with E-state index in [-0.39, 0.29) is 0 Å². The molecule has 1 aliphatic heterocycles. The van der Waals surface area contributed by atoms with E-state index in [0.29, 0.717) is 0 Å². The quantitative estimate of drug-likeness (QED) is 0.592. The molecule has 0 spiro atoms. The Hall–Kier alpha value is -0.0800. The molecule has 0 aromatic carbocycles. The fourth-order valence-corrected chi connectivity index (χ4v) is 1.50. The highest BCUT2D eigenvalue weighted by atomic mass is 15.0. The van der Waals surface area contributed by atoms with Gasteiger partial charge in [0.25, 0.3) is 0 Å². The van der Waals surface area contributed by atoms with Crippen molar-refractivity contribution in [1.82, 2.24) is 10.6 Å². The molecule has 1 saturated heterocycles. The number of hydrogen-bond donors (Lipinski definition) is 1. The summed E-state index contributed by atoms with van der Waals surface area (Å²) in [6.45, 7) is 2.18. The van der Waals surface area contributed by atoms with Gasteiger partial charge in [0.15, 0.2) is 0 Å². The molecule has 0 atom stereocenters. The molecular weight excluding hydrogens is 124 g/mol. The minimum atomic E-state index is 0.796. The van der Waals surface area contributed by atoms with Crippen LogP contribution < -0.4 is 10.6 Å². The minimum Gasteiger partial charge on any atom is -0.311 e. The Morgan fingerprint density at radius 3 is 2.10 bits per heavy atom. The number of piperidine rings is 1. The molecule has 1 N–H and O–H groups in total. The van der Waals surface area contributed by atoms with Crippen LogP contribution in [0, 0.1) is 0 Å². The van der Waals surface area contributed by atoms with Crippen LogP contribution in [0.1, 0.15) is 25.7 Å². The second-order valence-corrected chi connectivity index (χ2v) is 3.39. The highest BCUT2D eigenvalue weighted by Gasteiger charge is 2.25. The van der Waals surface area contributed by atoms with E-state index in [1.807, 2.05) is 0 Å². The Labute approximate surface area is 62.4 Å². The lowest BCUT2D eigenvalue weighted by Crippen LogP contribution is -2.38. The molecule has 0 unspecified atom stereocenters. The summed E-state index contributed by atoms with van der Waals surface area (Å²) in [7, 11) is 0. The molecular formula is C8H15N2. The monoisotopic (exact) mass is 139 g/mol. The van der Waals surface area contributed by atoms with Crippen molar-refractivity contribution in [3.8, 4) is 0 Å². The van der Waals surface area contributed by atoms with Crippen LogP contribution in [0.5, 0.6) is 0 Å².